The van der Waals surface area contributed by atoms with Gasteiger partial charge >= 0.3 is 0 Å². The van der Waals surface area contributed by atoms with E-state index >= 15 is 0 Å². The lowest BCUT2D eigenvalue weighted by Crippen LogP contribution is -2.47. The molecule has 0 saturated heterocycles. The fourth-order valence-electron chi connectivity index (χ4n) is 3.77. The van der Waals surface area contributed by atoms with Crippen molar-refractivity contribution in [3.8, 4) is 0 Å². The molecule has 5 heteroatoms. The molecule has 1 aliphatic carbocycles. The SMILES string of the molecule is Cc1cccc(C)c1NC(=O)CN(C)CC(=O)N[C@H]1CCC[C@H](C)[C@@H]1C. The zero-order valence-electron chi connectivity index (χ0n) is 16.8. The summed E-state index contributed by atoms with van der Waals surface area (Å²) in [5.41, 5.74) is 2.94. The van der Waals surface area contributed by atoms with Crippen molar-refractivity contribution in [1.82, 2.24) is 10.2 Å². The van der Waals surface area contributed by atoms with Gasteiger partial charge in [0.25, 0.3) is 0 Å². The third-order valence-electron chi connectivity index (χ3n) is 5.63. The lowest BCUT2D eigenvalue weighted by atomic mass is 9.78. The van der Waals surface area contributed by atoms with E-state index in [2.05, 4.69) is 24.5 Å². The average molecular weight is 360 g/mol. The van der Waals surface area contributed by atoms with E-state index in [0.717, 1.165) is 23.2 Å². The fourth-order valence-corrected chi connectivity index (χ4v) is 3.77. The van der Waals surface area contributed by atoms with E-state index in [4.69, 9.17) is 0 Å². The normalized spacial score (nSPS) is 22.9. The Balaban J connectivity index is 1.81. The number of hydrogen-bond acceptors (Lipinski definition) is 3. The van der Waals surface area contributed by atoms with Crippen molar-refractivity contribution in [2.45, 2.75) is 53.0 Å². The molecule has 0 radical (unpaired) electrons. The smallest absolute Gasteiger partial charge is 0.238 e. The van der Waals surface area contributed by atoms with Crippen molar-refractivity contribution in [3.63, 3.8) is 0 Å². The van der Waals surface area contributed by atoms with Crippen LogP contribution < -0.4 is 10.6 Å². The van der Waals surface area contributed by atoms with E-state index in [1.165, 1.54) is 12.8 Å². The molecule has 5 nitrogen and oxygen atoms in total. The second-order valence-corrected chi connectivity index (χ2v) is 7.93. The third-order valence-corrected chi connectivity index (χ3v) is 5.63. The number of nitrogens with one attached hydrogen (secondary N) is 2. The summed E-state index contributed by atoms with van der Waals surface area (Å²) < 4.78 is 0. The molecule has 1 aromatic rings. The summed E-state index contributed by atoms with van der Waals surface area (Å²) >= 11 is 0. The van der Waals surface area contributed by atoms with Crippen LogP contribution in [0.25, 0.3) is 0 Å². The number of para-hydroxylation sites is 1. The minimum absolute atomic E-state index is 0.00155. The van der Waals surface area contributed by atoms with Crippen LogP contribution in [0.3, 0.4) is 0 Å². The summed E-state index contributed by atoms with van der Waals surface area (Å²) in [5, 5.41) is 6.12. The summed E-state index contributed by atoms with van der Waals surface area (Å²) in [5.74, 6) is 1.05. The molecule has 0 bridgehead atoms. The number of hydrogen-bond donors (Lipinski definition) is 2. The highest BCUT2D eigenvalue weighted by molar-refractivity contribution is 5.94. The quantitative estimate of drug-likeness (QED) is 0.820. The van der Waals surface area contributed by atoms with Crippen LogP contribution >= 0.6 is 0 Å². The number of likely N-dealkylation sites (N-methyl/N-ethyl adjacent to an activating group) is 1. The van der Waals surface area contributed by atoms with Gasteiger partial charge in [-0.15, -0.1) is 0 Å². The first-order valence-electron chi connectivity index (χ1n) is 9.62. The Morgan fingerprint density at radius 2 is 1.69 bits per heavy atom. The van der Waals surface area contributed by atoms with E-state index in [-0.39, 0.29) is 30.9 Å². The predicted octanol–water partition coefficient (Wildman–Crippen LogP) is 3.11. The Bertz CT molecular complexity index is 624. The van der Waals surface area contributed by atoms with Crippen LogP contribution in [-0.4, -0.2) is 42.9 Å². The molecule has 0 heterocycles. The van der Waals surface area contributed by atoms with Gasteiger partial charge in [0.05, 0.1) is 13.1 Å². The highest BCUT2D eigenvalue weighted by Gasteiger charge is 2.28. The second kappa shape index (κ2) is 9.17. The third kappa shape index (κ3) is 5.56. The highest BCUT2D eigenvalue weighted by atomic mass is 16.2. The average Bonchev–Trinajstić information content (AvgIpc) is 2.55. The Morgan fingerprint density at radius 3 is 2.35 bits per heavy atom. The number of rotatable bonds is 6. The van der Waals surface area contributed by atoms with Crippen molar-refractivity contribution in [1.29, 1.82) is 0 Å². The molecule has 2 N–H and O–H groups in total. The summed E-state index contributed by atoms with van der Waals surface area (Å²) in [6.07, 6.45) is 3.46. The first-order valence-corrected chi connectivity index (χ1v) is 9.62. The number of anilines is 1. The summed E-state index contributed by atoms with van der Waals surface area (Å²) in [6.45, 7) is 8.86. The van der Waals surface area contributed by atoms with E-state index in [0.29, 0.717) is 11.8 Å². The minimum atomic E-state index is -0.0997. The Kier molecular flexibility index (Phi) is 7.21. The van der Waals surface area contributed by atoms with Gasteiger partial charge in [-0.1, -0.05) is 44.9 Å². The molecule has 26 heavy (non-hydrogen) atoms. The van der Waals surface area contributed by atoms with Gasteiger partial charge in [0, 0.05) is 11.7 Å². The molecular formula is C21H33N3O2. The van der Waals surface area contributed by atoms with Crippen molar-refractivity contribution >= 4 is 17.5 Å². The molecule has 2 amide bonds. The summed E-state index contributed by atoms with van der Waals surface area (Å²) in [7, 11) is 1.80. The number of carbonyl (C=O) groups excluding carboxylic acids is 2. The van der Waals surface area contributed by atoms with E-state index in [1.54, 1.807) is 11.9 Å². The van der Waals surface area contributed by atoms with Crippen LogP contribution in [0.2, 0.25) is 0 Å². The first-order chi connectivity index (χ1) is 12.3. The zero-order valence-corrected chi connectivity index (χ0v) is 16.8. The van der Waals surface area contributed by atoms with Gasteiger partial charge in [-0.25, -0.2) is 0 Å². The Hall–Kier alpha value is -1.88. The number of carbonyl (C=O) groups is 2. The topological polar surface area (TPSA) is 61.4 Å². The van der Waals surface area contributed by atoms with Gasteiger partial charge in [-0.05, 0) is 50.3 Å². The van der Waals surface area contributed by atoms with Gasteiger partial charge in [-0.3, -0.25) is 14.5 Å². The molecule has 1 saturated carbocycles. The standard InChI is InChI=1S/C21H33N3O2/c1-14-8-7-11-18(17(14)4)22-19(25)12-24(5)13-20(26)23-21-15(2)9-6-10-16(21)3/h6,9-10,14,17-18H,7-8,11-13H2,1-5H3,(H,22,25)(H,23,26)/t14-,17-,18-/m0/s1. The van der Waals surface area contributed by atoms with Gasteiger partial charge in [0.2, 0.25) is 11.8 Å². The van der Waals surface area contributed by atoms with Crippen LogP contribution in [0.1, 0.15) is 44.2 Å². The predicted molar refractivity (Wildman–Crippen MR) is 106 cm³/mol. The van der Waals surface area contributed by atoms with Crippen LogP contribution in [-0.2, 0) is 9.59 Å². The maximum Gasteiger partial charge on any atom is 0.238 e. The van der Waals surface area contributed by atoms with Gasteiger partial charge < -0.3 is 10.6 Å². The molecule has 0 aliphatic heterocycles. The maximum atomic E-state index is 12.3. The van der Waals surface area contributed by atoms with E-state index < -0.39 is 0 Å². The lowest BCUT2D eigenvalue weighted by molar-refractivity contribution is -0.124. The molecule has 0 aromatic heterocycles. The van der Waals surface area contributed by atoms with Crippen molar-refractivity contribution in [2.75, 3.05) is 25.5 Å². The molecular weight excluding hydrogens is 326 g/mol. The number of benzene rings is 1. The summed E-state index contributed by atoms with van der Waals surface area (Å²) in [4.78, 5) is 26.4. The van der Waals surface area contributed by atoms with Gasteiger partial charge in [0.15, 0.2) is 0 Å². The first kappa shape index (κ1) is 20.4. The number of nitrogens with zero attached hydrogens (tertiary/aromatic N) is 1. The highest BCUT2D eigenvalue weighted by Crippen LogP contribution is 2.29. The zero-order chi connectivity index (χ0) is 19.3. The van der Waals surface area contributed by atoms with Crippen molar-refractivity contribution < 1.29 is 9.59 Å². The summed E-state index contributed by atoms with van der Waals surface area (Å²) in [6, 6.07) is 6.19. The molecule has 3 atom stereocenters. The number of aryl methyl sites for hydroxylation is 2. The molecule has 0 spiro atoms. The van der Waals surface area contributed by atoms with Crippen molar-refractivity contribution in [3.05, 3.63) is 29.3 Å². The lowest BCUT2D eigenvalue weighted by Gasteiger charge is -2.34. The Morgan fingerprint density at radius 1 is 1.08 bits per heavy atom. The van der Waals surface area contributed by atoms with Gasteiger partial charge in [0.1, 0.15) is 0 Å². The molecule has 144 valence electrons. The van der Waals surface area contributed by atoms with Gasteiger partial charge in [-0.2, -0.15) is 0 Å². The van der Waals surface area contributed by atoms with E-state index in [9.17, 15) is 9.59 Å². The fraction of sp³-hybridized carbons (Fsp3) is 0.619. The van der Waals surface area contributed by atoms with E-state index in [1.807, 2.05) is 32.0 Å². The molecule has 1 aliphatic rings. The van der Waals surface area contributed by atoms with Crippen LogP contribution in [0.15, 0.2) is 18.2 Å². The minimum Gasteiger partial charge on any atom is -0.352 e. The van der Waals surface area contributed by atoms with Crippen LogP contribution in [0, 0.1) is 25.7 Å². The second-order valence-electron chi connectivity index (χ2n) is 7.93. The maximum absolute atomic E-state index is 12.3. The largest absolute Gasteiger partial charge is 0.352 e. The Labute approximate surface area is 157 Å². The monoisotopic (exact) mass is 359 g/mol. The van der Waals surface area contributed by atoms with Crippen LogP contribution in [0.4, 0.5) is 5.69 Å². The van der Waals surface area contributed by atoms with Crippen LogP contribution in [0.5, 0.6) is 0 Å². The molecule has 2 rings (SSSR count). The molecule has 0 unspecified atom stereocenters. The van der Waals surface area contributed by atoms with Crippen molar-refractivity contribution in [2.24, 2.45) is 11.8 Å². The number of amides is 2. The molecule has 1 aromatic carbocycles. The molecule has 1 fully saturated rings.